The summed E-state index contributed by atoms with van der Waals surface area (Å²) in [6.07, 6.45) is -2.60. The van der Waals surface area contributed by atoms with Crippen molar-refractivity contribution in [2.75, 3.05) is 32.8 Å². The van der Waals surface area contributed by atoms with Gasteiger partial charge >= 0.3 is 11.9 Å². The Labute approximate surface area is 472 Å². The molecule has 11 rings (SSSR count). The van der Waals surface area contributed by atoms with E-state index in [-0.39, 0.29) is 33.8 Å². The number of ether oxygens (including phenoxy) is 5. The molecule has 2 aromatic heterocycles. The summed E-state index contributed by atoms with van der Waals surface area (Å²) >= 11 is 0. The van der Waals surface area contributed by atoms with E-state index >= 15 is 4.39 Å². The number of alkyl halides is 1. The van der Waals surface area contributed by atoms with E-state index < -0.39 is 65.8 Å². The van der Waals surface area contributed by atoms with Crippen molar-refractivity contribution in [3.8, 4) is 11.5 Å². The fourth-order valence-corrected chi connectivity index (χ4v) is 11.3. The van der Waals surface area contributed by atoms with Crippen LogP contribution in [0.1, 0.15) is 82.9 Å². The van der Waals surface area contributed by atoms with Crippen LogP contribution >= 0.6 is 0 Å². The van der Waals surface area contributed by atoms with E-state index in [1.165, 1.54) is 17.0 Å². The number of halogens is 1. The molecule has 1 aliphatic heterocycles. The molecule has 8 aromatic carbocycles. The van der Waals surface area contributed by atoms with Gasteiger partial charge in [-0.1, -0.05) is 181 Å². The second kappa shape index (κ2) is 22.8. The Kier molecular flexibility index (Phi) is 15.1. The zero-order valence-electron chi connectivity index (χ0n) is 45.4. The van der Waals surface area contributed by atoms with E-state index in [0.29, 0.717) is 33.8 Å². The number of fused-ring (bicyclic) bond motifs is 1. The smallest absolute Gasteiger partial charge is 0.338 e. The van der Waals surface area contributed by atoms with Crippen LogP contribution in [0, 0.1) is 13.8 Å². The second-order valence-electron chi connectivity index (χ2n) is 20.3. The lowest BCUT2D eigenvalue weighted by Gasteiger charge is -2.41. The summed E-state index contributed by atoms with van der Waals surface area (Å²) in [6, 6.07) is 64.8. The van der Waals surface area contributed by atoms with E-state index in [4.69, 9.17) is 28.7 Å². The Bertz CT molecular complexity index is 3840. The number of nitrogens with one attached hydrogen (secondary N) is 2. The molecular weight excluding hydrogens is 1040 g/mol. The average Bonchev–Trinajstić information content (AvgIpc) is 2.38. The Morgan fingerprint density at radius 2 is 1.17 bits per heavy atom. The van der Waals surface area contributed by atoms with E-state index in [1.54, 1.807) is 57.5 Å². The molecule has 0 amide bonds. The summed E-state index contributed by atoms with van der Waals surface area (Å²) < 4.78 is 52.7. The Morgan fingerprint density at radius 1 is 0.671 bits per heavy atom. The van der Waals surface area contributed by atoms with Gasteiger partial charge in [0.05, 0.1) is 44.2 Å². The Balaban J connectivity index is 1.11. The maximum atomic E-state index is 19.1. The number of carbonyl (C=O) groups excluding carboxylic acids is 1. The third-order valence-corrected chi connectivity index (χ3v) is 15.4. The molecule has 0 unspecified atom stereocenters. The van der Waals surface area contributed by atoms with Gasteiger partial charge in [0.15, 0.2) is 23.6 Å². The number of aromatic carboxylic acids is 1. The lowest BCUT2D eigenvalue weighted by Crippen LogP contribution is -2.49. The van der Waals surface area contributed by atoms with Gasteiger partial charge in [0.25, 0.3) is 5.56 Å². The molecule has 0 radical (unpaired) electrons. The van der Waals surface area contributed by atoms with Crippen molar-refractivity contribution in [3.05, 3.63) is 290 Å². The number of carbonyl (C=O) groups is 2. The Morgan fingerprint density at radius 3 is 1.71 bits per heavy atom. The van der Waals surface area contributed by atoms with Crippen molar-refractivity contribution in [1.29, 1.82) is 0 Å². The van der Waals surface area contributed by atoms with Gasteiger partial charge in [-0.05, 0) is 95.3 Å². The molecule has 1 fully saturated rings. The average molecular weight is 1100 g/mol. The molecule has 0 aliphatic carbocycles. The normalized spacial score (nSPS) is 17.1. The van der Waals surface area contributed by atoms with Crippen LogP contribution in [0.15, 0.2) is 223 Å². The van der Waals surface area contributed by atoms with Crippen LogP contribution in [-0.2, 0) is 25.4 Å². The molecule has 412 valence electrons. The van der Waals surface area contributed by atoms with Gasteiger partial charge in [0.1, 0.15) is 34.8 Å². The third kappa shape index (κ3) is 10.0. The Hall–Kier alpha value is -9.70. The monoisotopic (exact) mass is 1100 g/mol. The lowest BCUT2D eigenvalue weighted by molar-refractivity contribution is -0.160. The number of rotatable bonds is 19. The topological polar surface area (TPSA) is 176 Å². The van der Waals surface area contributed by atoms with Gasteiger partial charge in [0, 0.05) is 0 Å². The number of esters is 1. The van der Waals surface area contributed by atoms with Gasteiger partial charge < -0.3 is 34.1 Å². The van der Waals surface area contributed by atoms with Crippen LogP contribution < -0.4 is 20.3 Å². The number of carboxylic acid groups (broad SMARTS) is 1. The molecule has 0 saturated carbocycles. The maximum absolute atomic E-state index is 19.1. The maximum Gasteiger partial charge on any atom is 0.338 e. The number of hydrogen-bond donors (Lipinski definition) is 3. The number of anilines is 1. The molecule has 15 heteroatoms. The van der Waals surface area contributed by atoms with Crippen molar-refractivity contribution in [3.63, 3.8) is 0 Å². The summed E-state index contributed by atoms with van der Waals surface area (Å²) in [4.78, 5) is 54.8. The minimum absolute atomic E-state index is 0.00352. The highest BCUT2D eigenvalue weighted by molar-refractivity contribution is 5.90. The summed E-state index contributed by atoms with van der Waals surface area (Å²) in [5.41, 5.74) is 0.363. The van der Waals surface area contributed by atoms with Gasteiger partial charge in [0.2, 0.25) is 5.95 Å². The highest BCUT2D eigenvalue weighted by Gasteiger charge is 2.60. The van der Waals surface area contributed by atoms with Crippen molar-refractivity contribution >= 4 is 29.1 Å². The molecule has 0 spiro atoms. The lowest BCUT2D eigenvalue weighted by atomic mass is 9.77. The van der Waals surface area contributed by atoms with Crippen LogP contribution in [0.5, 0.6) is 11.5 Å². The fraction of sp³-hybridized carbons (Fsp3) is 0.179. The first kappa shape index (κ1) is 54.3. The first-order valence-corrected chi connectivity index (χ1v) is 26.7. The SMILES string of the molecule is COc1ccc(C(Nc2nc3c(ncn3[C@@H]3O[C@@](COC(=O)c4ccc(C)cc4)(COC(c4ccccc4)(c4ccccc4)c4ccc(OC)cc4)[C@@H](c4cc(C)ccc4C(=O)O)[C@@H]3F)c(=O)[nH]2)(c2ccccc2)c2ccccc2)cc1. The molecule has 82 heavy (non-hydrogen) atoms. The first-order chi connectivity index (χ1) is 39.9. The predicted molar refractivity (Wildman–Crippen MR) is 309 cm³/mol. The zero-order chi connectivity index (χ0) is 57.0. The first-order valence-electron chi connectivity index (χ1n) is 26.7. The molecule has 3 N–H and O–H groups in total. The number of benzene rings is 8. The molecule has 4 atom stereocenters. The fourth-order valence-electron chi connectivity index (χ4n) is 11.3. The van der Waals surface area contributed by atoms with Gasteiger partial charge in [-0.15, -0.1) is 0 Å². The van der Waals surface area contributed by atoms with Crippen LogP contribution in [0.4, 0.5) is 10.3 Å². The van der Waals surface area contributed by atoms with Crippen LogP contribution in [-0.4, -0.2) is 75.8 Å². The summed E-state index contributed by atoms with van der Waals surface area (Å²) in [5.74, 6) is -2.41. The molecule has 3 heterocycles. The van der Waals surface area contributed by atoms with E-state index in [1.807, 2.05) is 177 Å². The molecule has 10 aromatic rings. The largest absolute Gasteiger partial charge is 0.497 e. The summed E-state index contributed by atoms with van der Waals surface area (Å²) in [7, 11) is 3.16. The number of aromatic nitrogens is 4. The summed E-state index contributed by atoms with van der Waals surface area (Å²) in [5, 5.41) is 14.6. The molecule has 0 bridgehead atoms. The van der Waals surface area contributed by atoms with E-state index in [0.717, 1.165) is 22.3 Å². The molecule has 1 saturated heterocycles. The van der Waals surface area contributed by atoms with Gasteiger partial charge in [-0.3, -0.25) is 14.3 Å². The van der Waals surface area contributed by atoms with E-state index in [9.17, 15) is 19.5 Å². The van der Waals surface area contributed by atoms with Crippen LogP contribution in [0.2, 0.25) is 0 Å². The highest BCUT2D eigenvalue weighted by Crippen LogP contribution is 2.53. The number of methoxy groups -OCH3 is 2. The molecule has 14 nitrogen and oxygen atoms in total. The highest BCUT2D eigenvalue weighted by atomic mass is 19.1. The molecular formula is C67H58FN5O9. The molecule has 1 aliphatic rings. The number of nitrogens with zero attached hydrogens (tertiary/aromatic N) is 3. The minimum Gasteiger partial charge on any atom is -0.497 e. The quantitative estimate of drug-likeness (QED) is 0.0517. The number of H-pyrrole nitrogens is 1. The van der Waals surface area contributed by atoms with Crippen molar-refractivity contribution in [2.24, 2.45) is 0 Å². The van der Waals surface area contributed by atoms with Crippen molar-refractivity contribution in [2.45, 2.75) is 48.9 Å². The van der Waals surface area contributed by atoms with Gasteiger partial charge in [-0.2, -0.15) is 4.98 Å². The number of hydrogen-bond acceptors (Lipinski definition) is 11. The van der Waals surface area contributed by atoms with Crippen LogP contribution in [0.25, 0.3) is 11.2 Å². The number of aryl methyl sites for hydroxylation is 2. The van der Waals surface area contributed by atoms with Gasteiger partial charge in [-0.25, -0.2) is 19.0 Å². The van der Waals surface area contributed by atoms with E-state index in [2.05, 4.69) is 15.3 Å². The standard InChI is InChI=1S/C67H58FN5O9/c1-43-25-28-45(29-26-43)63(77)80-40-65(41-81-67(49-21-13-7-14-22-49,50-23-15-8-16-24-50)51-32-36-53(79-4)37-33-51)56(55-39-44(2)27-38-54(55)62(75)76)57(68)61(82-65)73-42-69-58-59(73)70-64(71-60(58)74)72-66(46-17-9-5-10-18-46,47-19-11-6-12-20-47)48-30-34-52(78-3)35-31-48/h5-39,42,56-57,61H,40-41H2,1-4H3,(H,75,76)(H2,70,71,72,74)/t56-,57-,61+,65-/m0/s1. The second-order valence-corrected chi connectivity index (χ2v) is 20.3. The van der Waals surface area contributed by atoms with Crippen molar-refractivity contribution in [1.82, 2.24) is 19.5 Å². The third-order valence-electron chi connectivity index (χ3n) is 15.4. The summed E-state index contributed by atoms with van der Waals surface area (Å²) in [6.45, 7) is 2.49. The van der Waals surface area contributed by atoms with Crippen molar-refractivity contribution < 1.29 is 42.8 Å². The number of carboxylic acids is 1. The minimum atomic E-state index is -2.16. The van der Waals surface area contributed by atoms with Crippen LogP contribution in [0.3, 0.4) is 0 Å². The zero-order valence-corrected chi connectivity index (χ0v) is 45.4. The number of aromatic amines is 1. The predicted octanol–water partition coefficient (Wildman–Crippen LogP) is 12.1. The number of imidazole rings is 1.